The number of piperazine rings is 1. The molecule has 1 aliphatic heterocycles. The van der Waals surface area contributed by atoms with E-state index in [9.17, 15) is 17.6 Å². The molecule has 0 unspecified atom stereocenters. The predicted octanol–water partition coefficient (Wildman–Crippen LogP) is 2.56. The Morgan fingerprint density at radius 3 is 2.50 bits per heavy atom. The van der Waals surface area contributed by atoms with Gasteiger partial charge in [-0.25, -0.2) is 4.39 Å². The Bertz CT molecular complexity index is 487. The molecule has 124 valence electrons. The summed E-state index contributed by atoms with van der Waals surface area (Å²) in [6.07, 6.45) is -3.65. The van der Waals surface area contributed by atoms with E-state index in [0.29, 0.717) is 25.9 Å². The molecule has 1 aromatic rings. The highest BCUT2D eigenvalue weighted by atomic mass is 19.4. The molecule has 1 fully saturated rings. The van der Waals surface area contributed by atoms with Gasteiger partial charge in [0.2, 0.25) is 0 Å². The van der Waals surface area contributed by atoms with Crippen molar-refractivity contribution in [3.63, 3.8) is 0 Å². The van der Waals surface area contributed by atoms with Crippen molar-refractivity contribution < 1.29 is 22.7 Å². The minimum atomic E-state index is -4.49. The van der Waals surface area contributed by atoms with Crippen molar-refractivity contribution in [1.82, 2.24) is 10.2 Å². The largest absolute Gasteiger partial charge is 0.416 e. The molecule has 2 N–H and O–H groups in total. The minimum Gasteiger partial charge on any atom is -0.396 e. The number of halogens is 4. The molecule has 0 aliphatic carbocycles. The first-order valence-corrected chi connectivity index (χ1v) is 7.35. The van der Waals surface area contributed by atoms with E-state index >= 15 is 0 Å². The fourth-order valence-corrected chi connectivity index (χ4v) is 2.79. The van der Waals surface area contributed by atoms with E-state index in [0.717, 1.165) is 31.3 Å². The summed E-state index contributed by atoms with van der Waals surface area (Å²) in [6, 6.07) is 2.10. The van der Waals surface area contributed by atoms with Crippen LogP contribution in [0.3, 0.4) is 0 Å². The summed E-state index contributed by atoms with van der Waals surface area (Å²) in [6.45, 7) is 2.66. The summed E-state index contributed by atoms with van der Waals surface area (Å²) in [5.74, 6) is -0.630. The van der Waals surface area contributed by atoms with Gasteiger partial charge in [0, 0.05) is 44.4 Å². The van der Waals surface area contributed by atoms with Gasteiger partial charge < -0.3 is 10.4 Å². The van der Waals surface area contributed by atoms with E-state index in [-0.39, 0.29) is 12.2 Å². The maximum absolute atomic E-state index is 14.1. The average molecular weight is 320 g/mol. The maximum Gasteiger partial charge on any atom is 0.416 e. The molecular weight excluding hydrogens is 300 g/mol. The molecule has 1 atom stereocenters. The van der Waals surface area contributed by atoms with Crippen LogP contribution in [-0.4, -0.2) is 42.8 Å². The first kappa shape index (κ1) is 17.2. The Labute approximate surface area is 126 Å². The van der Waals surface area contributed by atoms with Crippen LogP contribution in [0.25, 0.3) is 0 Å². The monoisotopic (exact) mass is 320 g/mol. The van der Waals surface area contributed by atoms with Crippen molar-refractivity contribution in [2.75, 3.05) is 32.8 Å². The molecule has 1 aliphatic rings. The van der Waals surface area contributed by atoms with E-state index < -0.39 is 23.6 Å². The van der Waals surface area contributed by atoms with Crippen LogP contribution < -0.4 is 5.32 Å². The third kappa shape index (κ3) is 4.18. The fraction of sp³-hybridized carbons (Fsp3) is 0.600. The number of aliphatic hydroxyl groups is 1. The van der Waals surface area contributed by atoms with Crippen LogP contribution in [0, 0.1) is 5.82 Å². The molecule has 0 bridgehead atoms. The lowest BCUT2D eigenvalue weighted by Gasteiger charge is -2.35. The Kier molecular flexibility index (Phi) is 5.77. The van der Waals surface area contributed by atoms with Gasteiger partial charge in [-0.1, -0.05) is 0 Å². The number of hydrogen-bond donors (Lipinski definition) is 2. The van der Waals surface area contributed by atoms with Crippen LogP contribution in [0.1, 0.15) is 30.0 Å². The van der Waals surface area contributed by atoms with Crippen LogP contribution in [-0.2, 0) is 6.18 Å². The van der Waals surface area contributed by atoms with Crippen molar-refractivity contribution in [2.24, 2.45) is 0 Å². The van der Waals surface area contributed by atoms with Gasteiger partial charge in [0.1, 0.15) is 5.82 Å². The van der Waals surface area contributed by atoms with Crippen LogP contribution in [0.15, 0.2) is 18.2 Å². The van der Waals surface area contributed by atoms with Gasteiger partial charge in [-0.3, -0.25) is 4.90 Å². The van der Waals surface area contributed by atoms with E-state index in [1.807, 2.05) is 4.90 Å². The molecule has 3 nitrogen and oxygen atoms in total. The van der Waals surface area contributed by atoms with Gasteiger partial charge in [0.25, 0.3) is 0 Å². The first-order chi connectivity index (χ1) is 10.4. The minimum absolute atomic E-state index is 0.0603. The molecule has 1 aromatic carbocycles. The summed E-state index contributed by atoms with van der Waals surface area (Å²) in [4.78, 5) is 1.98. The first-order valence-electron chi connectivity index (χ1n) is 7.35. The van der Waals surface area contributed by atoms with E-state index in [1.54, 1.807) is 0 Å². The third-order valence-electron chi connectivity index (χ3n) is 3.91. The van der Waals surface area contributed by atoms with Crippen molar-refractivity contribution in [3.05, 3.63) is 35.1 Å². The normalized spacial score (nSPS) is 18.4. The Morgan fingerprint density at radius 1 is 1.23 bits per heavy atom. The summed E-state index contributed by atoms with van der Waals surface area (Å²) in [5.41, 5.74) is -0.779. The summed E-state index contributed by atoms with van der Waals surface area (Å²) in [5, 5.41) is 12.2. The van der Waals surface area contributed by atoms with E-state index in [1.165, 1.54) is 0 Å². The topological polar surface area (TPSA) is 35.5 Å². The highest BCUT2D eigenvalue weighted by Crippen LogP contribution is 2.34. The van der Waals surface area contributed by atoms with Crippen LogP contribution in [0.4, 0.5) is 17.6 Å². The van der Waals surface area contributed by atoms with Gasteiger partial charge in [-0.05, 0) is 31.0 Å². The van der Waals surface area contributed by atoms with E-state index in [4.69, 9.17) is 5.11 Å². The number of alkyl halides is 3. The zero-order valence-corrected chi connectivity index (χ0v) is 12.2. The molecule has 2 rings (SSSR count). The summed E-state index contributed by atoms with van der Waals surface area (Å²) >= 11 is 0. The van der Waals surface area contributed by atoms with Crippen molar-refractivity contribution >= 4 is 0 Å². The zero-order valence-electron chi connectivity index (χ0n) is 12.2. The lowest BCUT2D eigenvalue weighted by Crippen LogP contribution is -2.45. The zero-order chi connectivity index (χ0) is 16.2. The lowest BCUT2D eigenvalue weighted by molar-refractivity contribution is -0.137. The van der Waals surface area contributed by atoms with Gasteiger partial charge in [0.15, 0.2) is 0 Å². The Hall–Kier alpha value is -1.18. The second-order valence-electron chi connectivity index (χ2n) is 5.40. The maximum atomic E-state index is 14.1. The van der Waals surface area contributed by atoms with Crippen LogP contribution in [0.2, 0.25) is 0 Å². The van der Waals surface area contributed by atoms with Crippen molar-refractivity contribution in [1.29, 1.82) is 0 Å². The summed E-state index contributed by atoms with van der Waals surface area (Å²) in [7, 11) is 0. The molecule has 0 aromatic heterocycles. The van der Waals surface area contributed by atoms with Gasteiger partial charge >= 0.3 is 6.18 Å². The molecule has 0 radical (unpaired) electrons. The highest BCUT2D eigenvalue weighted by Gasteiger charge is 2.33. The Morgan fingerprint density at radius 2 is 1.91 bits per heavy atom. The lowest BCUT2D eigenvalue weighted by atomic mass is 9.97. The number of nitrogens with zero attached hydrogens (tertiary/aromatic N) is 1. The molecule has 0 saturated carbocycles. The third-order valence-corrected chi connectivity index (χ3v) is 3.91. The predicted molar refractivity (Wildman–Crippen MR) is 74.9 cm³/mol. The number of benzene rings is 1. The molecular formula is C15H20F4N2O. The van der Waals surface area contributed by atoms with Crippen LogP contribution >= 0.6 is 0 Å². The number of hydrogen-bond acceptors (Lipinski definition) is 3. The standard InChI is InChI=1S/C15H20F4N2O/c16-13-4-3-11(15(17,18)19)10-12(13)14(2-1-9-22)21-7-5-20-6-8-21/h3-4,10,14,20,22H,1-2,5-9H2/t14-/m0/s1. The average Bonchev–Trinajstić information content (AvgIpc) is 2.49. The molecule has 0 spiro atoms. The van der Waals surface area contributed by atoms with Crippen molar-refractivity contribution in [2.45, 2.75) is 25.1 Å². The number of nitrogens with one attached hydrogen (secondary N) is 1. The molecule has 22 heavy (non-hydrogen) atoms. The van der Waals surface area contributed by atoms with E-state index in [2.05, 4.69) is 5.32 Å². The molecule has 1 heterocycles. The molecule has 7 heteroatoms. The number of aliphatic hydroxyl groups excluding tert-OH is 1. The number of rotatable bonds is 5. The molecule has 1 saturated heterocycles. The highest BCUT2D eigenvalue weighted by molar-refractivity contribution is 5.29. The van der Waals surface area contributed by atoms with Gasteiger partial charge in [0.05, 0.1) is 5.56 Å². The second-order valence-corrected chi connectivity index (χ2v) is 5.40. The molecule has 0 amide bonds. The smallest absolute Gasteiger partial charge is 0.396 e. The van der Waals surface area contributed by atoms with Gasteiger partial charge in [-0.15, -0.1) is 0 Å². The quantitative estimate of drug-likeness (QED) is 0.819. The SMILES string of the molecule is OCCC[C@@H](c1cc(C(F)(F)F)ccc1F)N1CCNCC1. The summed E-state index contributed by atoms with van der Waals surface area (Å²) < 4.78 is 52.7. The Balaban J connectivity index is 2.32. The van der Waals surface area contributed by atoms with Gasteiger partial charge in [-0.2, -0.15) is 13.2 Å². The fourth-order valence-electron chi connectivity index (χ4n) is 2.79. The second kappa shape index (κ2) is 7.39. The van der Waals surface area contributed by atoms with Crippen LogP contribution in [0.5, 0.6) is 0 Å². The van der Waals surface area contributed by atoms with Crippen molar-refractivity contribution in [3.8, 4) is 0 Å².